The highest BCUT2D eigenvalue weighted by molar-refractivity contribution is 5.85. The third-order valence-corrected chi connectivity index (χ3v) is 2.96. The SMILES string of the molecule is COc1ccc2[nH]cc(C(O)CCCN)c2c1. The van der Waals surface area contributed by atoms with Crippen molar-refractivity contribution in [2.24, 2.45) is 5.73 Å². The van der Waals surface area contributed by atoms with Gasteiger partial charge >= 0.3 is 0 Å². The fraction of sp³-hybridized carbons (Fsp3) is 0.385. The van der Waals surface area contributed by atoms with Gasteiger partial charge in [0.05, 0.1) is 13.2 Å². The zero-order valence-electron chi connectivity index (χ0n) is 9.94. The molecule has 2 rings (SSSR count). The van der Waals surface area contributed by atoms with Crippen molar-refractivity contribution in [3.05, 3.63) is 30.0 Å². The minimum atomic E-state index is -0.473. The smallest absolute Gasteiger partial charge is 0.119 e. The Hall–Kier alpha value is -1.52. The molecule has 0 spiro atoms. The molecule has 1 aromatic heterocycles. The highest BCUT2D eigenvalue weighted by atomic mass is 16.5. The van der Waals surface area contributed by atoms with Crippen LogP contribution in [0.15, 0.2) is 24.4 Å². The lowest BCUT2D eigenvalue weighted by Crippen LogP contribution is -2.03. The summed E-state index contributed by atoms with van der Waals surface area (Å²) in [6.45, 7) is 0.600. The van der Waals surface area contributed by atoms with Crippen LogP contribution in [0.5, 0.6) is 5.75 Å². The van der Waals surface area contributed by atoms with E-state index in [1.54, 1.807) is 7.11 Å². The molecule has 17 heavy (non-hydrogen) atoms. The number of ether oxygens (including phenoxy) is 1. The predicted octanol–water partition coefficient (Wildman–Crippen LogP) is 1.95. The number of fused-ring (bicyclic) bond motifs is 1. The van der Waals surface area contributed by atoms with Crippen molar-refractivity contribution in [2.75, 3.05) is 13.7 Å². The van der Waals surface area contributed by atoms with Crippen molar-refractivity contribution in [2.45, 2.75) is 18.9 Å². The minimum absolute atomic E-state index is 0.473. The van der Waals surface area contributed by atoms with Crippen LogP contribution in [0.4, 0.5) is 0 Å². The van der Waals surface area contributed by atoms with Gasteiger partial charge in [-0.15, -0.1) is 0 Å². The number of methoxy groups -OCH3 is 1. The number of nitrogens with one attached hydrogen (secondary N) is 1. The van der Waals surface area contributed by atoms with Gasteiger partial charge in [0.15, 0.2) is 0 Å². The minimum Gasteiger partial charge on any atom is -0.497 e. The standard InChI is InChI=1S/C13H18N2O2/c1-17-9-4-5-12-10(7-9)11(8-15-12)13(16)3-2-6-14/h4-5,7-8,13,15-16H,2-3,6,14H2,1H3. The predicted molar refractivity (Wildman–Crippen MR) is 68.1 cm³/mol. The van der Waals surface area contributed by atoms with E-state index in [1.807, 2.05) is 24.4 Å². The summed E-state index contributed by atoms with van der Waals surface area (Å²) >= 11 is 0. The number of hydrogen-bond donors (Lipinski definition) is 3. The highest BCUT2D eigenvalue weighted by Gasteiger charge is 2.13. The normalized spacial score (nSPS) is 12.9. The third-order valence-electron chi connectivity index (χ3n) is 2.96. The lowest BCUT2D eigenvalue weighted by atomic mass is 10.0. The van der Waals surface area contributed by atoms with Crippen molar-refractivity contribution in [1.82, 2.24) is 4.98 Å². The summed E-state index contributed by atoms with van der Waals surface area (Å²) in [4.78, 5) is 3.15. The molecule has 0 aliphatic heterocycles. The summed E-state index contributed by atoms with van der Waals surface area (Å²) in [5.41, 5.74) is 7.37. The Labute approximate surface area is 100 Å². The van der Waals surface area contributed by atoms with Crippen LogP contribution in [0, 0.1) is 0 Å². The molecule has 1 unspecified atom stereocenters. The molecule has 1 atom stereocenters. The number of aliphatic hydroxyl groups excluding tert-OH is 1. The van der Waals surface area contributed by atoms with Gasteiger partial charge in [0.1, 0.15) is 5.75 Å². The molecule has 0 aliphatic rings. The molecule has 0 aliphatic carbocycles. The number of aromatic nitrogens is 1. The quantitative estimate of drug-likeness (QED) is 0.740. The van der Waals surface area contributed by atoms with Gasteiger partial charge in [0, 0.05) is 22.7 Å². The lowest BCUT2D eigenvalue weighted by Gasteiger charge is -2.09. The molecule has 4 nitrogen and oxygen atoms in total. The molecule has 92 valence electrons. The Kier molecular flexibility index (Phi) is 3.66. The first kappa shape index (κ1) is 12.0. The monoisotopic (exact) mass is 234 g/mol. The summed E-state index contributed by atoms with van der Waals surface area (Å²) in [5, 5.41) is 11.1. The lowest BCUT2D eigenvalue weighted by molar-refractivity contribution is 0.167. The number of benzene rings is 1. The van der Waals surface area contributed by atoms with E-state index in [9.17, 15) is 5.11 Å². The molecule has 4 heteroatoms. The molecule has 0 saturated carbocycles. The summed E-state index contributed by atoms with van der Waals surface area (Å²) < 4.78 is 5.19. The van der Waals surface area contributed by atoms with E-state index in [0.29, 0.717) is 13.0 Å². The van der Waals surface area contributed by atoms with Crippen LogP contribution in [0.25, 0.3) is 10.9 Å². The largest absolute Gasteiger partial charge is 0.497 e. The maximum Gasteiger partial charge on any atom is 0.119 e. The van der Waals surface area contributed by atoms with Crippen LogP contribution in [-0.4, -0.2) is 23.7 Å². The van der Waals surface area contributed by atoms with Gasteiger partial charge in [-0.05, 0) is 37.6 Å². The Morgan fingerprint density at radius 2 is 2.29 bits per heavy atom. The van der Waals surface area contributed by atoms with Gasteiger partial charge in [0.2, 0.25) is 0 Å². The van der Waals surface area contributed by atoms with E-state index in [-0.39, 0.29) is 0 Å². The van der Waals surface area contributed by atoms with Gasteiger partial charge in [-0.25, -0.2) is 0 Å². The van der Waals surface area contributed by atoms with E-state index >= 15 is 0 Å². The second-order valence-corrected chi connectivity index (χ2v) is 4.10. The van der Waals surface area contributed by atoms with Crippen LogP contribution < -0.4 is 10.5 Å². The molecular formula is C13H18N2O2. The summed E-state index contributed by atoms with van der Waals surface area (Å²) in [5.74, 6) is 0.796. The molecule has 0 bridgehead atoms. The maximum absolute atomic E-state index is 10.1. The first-order valence-electron chi connectivity index (χ1n) is 5.79. The summed E-state index contributed by atoms with van der Waals surface area (Å²) in [6.07, 6.45) is 2.88. The van der Waals surface area contributed by atoms with Gasteiger partial charge in [0.25, 0.3) is 0 Å². The summed E-state index contributed by atoms with van der Waals surface area (Å²) in [6, 6.07) is 5.79. The van der Waals surface area contributed by atoms with Crippen LogP contribution in [-0.2, 0) is 0 Å². The Bertz CT molecular complexity index is 493. The molecular weight excluding hydrogens is 216 g/mol. The zero-order chi connectivity index (χ0) is 12.3. The molecule has 0 fully saturated rings. The molecule has 4 N–H and O–H groups in total. The molecule has 0 radical (unpaired) electrons. The van der Waals surface area contributed by atoms with Crippen molar-refractivity contribution >= 4 is 10.9 Å². The maximum atomic E-state index is 10.1. The molecule has 2 aromatic rings. The fourth-order valence-electron chi connectivity index (χ4n) is 1.99. The number of hydrogen-bond acceptors (Lipinski definition) is 3. The Morgan fingerprint density at radius 1 is 1.47 bits per heavy atom. The highest BCUT2D eigenvalue weighted by Crippen LogP contribution is 2.29. The Morgan fingerprint density at radius 3 is 3.00 bits per heavy atom. The number of H-pyrrole nitrogens is 1. The molecule has 0 amide bonds. The van der Waals surface area contributed by atoms with Gasteiger partial charge < -0.3 is 20.6 Å². The van der Waals surface area contributed by atoms with E-state index < -0.39 is 6.10 Å². The van der Waals surface area contributed by atoms with Crippen LogP contribution in [0.1, 0.15) is 24.5 Å². The van der Waals surface area contributed by atoms with Crippen molar-refractivity contribution in [3.8, 4) is 5.75 Å². The van der Waals surface area contributed by atoms with E-state index in [0.717, 1.165) is 28.6 Å². The van der Waals surface area contributed by atoms with Crippen molar-refractivity contribution < 1.29 is 9.84 Å². The molecule has 1 heterocycles. The van der Waals surface area contributed by atoms with Crippen LogP contribution >= 0.6 is 0 Å². The van der Waals surface area contributed by atoms with E-state index in [1.165, 1.54) is 0 Å². The zero-order valence-corrected chi connectivity index (χ0v) is 9.94. The van der Waals surface area contributed by atoms with Crippen LogP contribution in [0.3, 0.4) is 0 Å². The topological polar surface area (TPSA) is 71.3 Å². The number of rotatable bonds is 5. The average Bonchev–Trinajstić information content (AvgIpc) is 2.78. The second-order valence-electron chi connectivity index (χ2n) is 4.10. The molecule has 1 aromatic carbocycles. The van der Waals surface area contributed by atoms with Crippen LogP contribution in [0.2, 0.25) is 0 Å². The first-order valence-corrected chi connectivity index (χ1v) is 5.79. The first-order chi connectivity index (χ1) is 8.26. The summed E-state index contributed by atoms with van der Waals surface area (Å²) in [7, 11) is 1.64. The van der Waals surface area contributed by atoms with Gasteiger partial charge in [-0.2, -0.15) is 0 Å². The van der Waals surface area contributed by atoms with E-state index in [2.05, 4.69) is 4.98 Å². The van der Waals surface area contributed by atoms with Gasteiger partial charge in [-0.1, -0.05) is 0 Å². The average molecular weight is 234 g/mol. The number of nitrogens with two attached hydrogens (primary N) is 1. The third kappa shape index (κ3) is 2.43. The fourth-order valence-corrected chi connectivity index (χ4v) is 1.99. The number of aliphatic hydroxyl groups is 1. The number of aromatic amines is 1. The van der Waals surface area contributed by atoms with Crippen molar-refractivity contribution in [3.63, 3.8) is 0 Å². The molecule has 0 saturated heterocycles. The Balaban J connectivity index is 2.33. The van der Waals surface area contributed by atoms with E-state index in [4.69, 9.17) is 10.5 Å². The van der Waals surface area contributed by atoms with Gasteiger partial charge in [-0.3, -0.25) is 0 Å². The second kappa shape index (κ2) is 5.21. The van der Waals surface area contributed by atoms with Crippen molar-refractivity contribution in [1.29, 1.82) is 0 Å².